The van der Waals surface area contributed by atoms with Crippen molar-refractivity contribution in [1.29, 1.82) is 0 Å². The predicted octanol–water partition coefficient (Wildman–Crippen LogP) is 1.53. The Kier molecular flexibility index (Phi) is 6.81. The van der Waals surface area contributed by atoms with Gasteiger partial charge in [-0.05, 0) is 32.0 Å². The van der Waals surface area contributed by atoms with Gasteiger partial charge in [-0.1, -0.05) is 30.3 Å². The van der Waals surface area contributed by atoms with Gasteiger partial charge in [-0.3, -0.25) is 0 Å². The summed E-state index contributed by atoms with van der Waals surface area (Å²) in [5, 5.41) is 3.24. The molecule has 0 aliphatic carbocycles. The molecule has 0 radical (unpaired) electrons. The Labute approximate surface area is 98.0 Å². The van der Waals surface area contributed by atoms with Crippen LogP contribution in [0.5, 0.6) is 0 Å². The Balaban J connectivity index is 2.18. The largest absolute Gasteiger partial charge is 0.375 e. The highest BCUT2D eigenvalue weighted by molar-refractivity contribution is 5.13. The first kappa shape index (κ1) is 13.2. The van der Waals surface area contributed by atoms with Crippen LogP contribution in [0, 0.1) is 0 Å². The van der Waals surface area contributed by atoms with Crippen molar-refractivity contribution in [2.75, 3.05) is 20.2 Å². The predicted molar refractivity (Wildman–Crippen MR) is 67.2 cm³/mol. The van der Waals surface area contributed by atoms with Crippen LogP contribution in [0.4, 0.5) is 0 Å². The fourth-order valence-electron chi connectivity index (χ4n) is 1.57. The molecule has 0 bridgehead atoms. The second kappa shape index (κ2) is 8.28. The van der Waals surface area contributed by atoms with Gasteiger partial charge < -0.3 is 15.8 Å². The topological polar surface area (TPSA) is 47.3 Å². The highest BCUT2D eigenvalue weighted by Crippen LogP contribution is 2.02. The highest BCUT2D eigenvalue weighted by Gasteiger charge is 2.05. The first-order chi connectivity index (χ1) is 7.86. The van der Waals surface area contributed by atoms with Gasteiger partial charge in [0.15, 0.2) is 0 Å². The van der Waals surface area contributed by atoms with E-state index in [4.69, 9.17) is 10.5 Å². The molecule has 1 aromatic rings. The average molecular weight is 222 g/mol. The molecule has 0 heterocycles. The first-order valence-electron chi connectivity index (χ1n) is 5.86. The summed E-state index contributed by atoms with van der Waals surface area (Å²) < 4.78 is 5.67. The van der Waals surface area contributed by atoms with Gasteiger partial charge in [0.1, 0.15) is 0 Å². The van der Waals surface area contributed by atoms with E-state index in [0.29, 0.717) is 12.6 Å². The van der Waals surface area contributed by atoms with Crippen molar-refractivity contribution in [2.24, 2.45) is 5.73 Å². The molecule has 1 atom stereocenters. The molecule has 0 saturated carbocycles. The molecule has 3 nitrogen and oxygen atoms in total. The summed E-state index contributed by atoms with van der Waals surface area (Å²) in [5.74, 6) is 0. The molecule has 0 amide bonds. The fourth-order valence-corrected chi connectivity index (χ4v) is 1.57. The van der Waals surface area contributed by atoms with Gasteiger partial charge in [0.2, 0.25) is 0 Å². The molecule has 0 spiro atoms. The summed E-state index contributed by atoms with van der Waals surface area (Å²) in [6, 6.07) is 10.6. The number of nitrogens with two attached hydrogens (primary N) is 1. The van der Waals surface area contributed by atoms with Crippen LogP contribution < -0.4 is 11.1 Å². The van der Waals surface area contributed by atoms with Crippen molar-refractivity contribution >= 4 is 0 Å². The first-order valence-corrected chi connectivity index (χ1v) is 5.86. The van der Waals surface area contributed by atoms with Crippen molar-refractivity contribution in [1.82, 2.24) is 5.32 Å². The quantitative estimate of drug-likeness (QED) is 0.701. The normalized spacial score (nSPS) is 12.6. The standard InChI is InChI=1S/C13H22N2O/c1-15-13(8-5-9-14)11-16-10-12-6-3-2-4-7-12/h2-4,6-7,13,15H,5,8-11,14H2,1H3. The Morgan fingerprint density at radius 3 is 2.69 bits per heavy atom. The molecule has 0 saturated heterocycles. The van der Waals surface area contributed by atoms with Crippen molar-refractivity contribution < 1.29 is 4.74 Å². The third-order valence-corrected chi connectivity index (χ3v) is 2.60. The number of hydrogen-bond donors (Lipinski definition) is 2. The van der Waals surface area contributed by atoms with E-state index in [1.165, 1.54) is 5.56 Å². The van der Waals surface area contributed by atoms with Crippen molar-refractivity contribution in [2.45, 2.75) is 25.5 Å². The monoisotopic (exact) mass is 222 g/mol. The summed E-state index contributed by atoms with van der Waals surface area (Å²) in [6.07, 6.45) is 2.11. The smallest absolute Gasteiger partial charge is 0.0717 e. The third-order valence-electron chi connectivity index (χ3n) is 2.60. The number of rotatable bonds is 8. The van der Waals surface area contributed by atoms with Crippen LogP contribution in [0.2, 0.25) is 0 Å². The zero-order valence-electron chi connectivity index (χ0n) is 9.99. The molecular weight excluding hydrogens is 200 g/mol. The van der Waals surface area contributed by atoms with Crippen LogP contribution in [-0.4, -0.2) is 26.2 Å². The molecule has 16 heavy (non-hydrogen) atoms. The van der Waals surface area contributed by atoms with Gasteiger partial charge in [-0.2, -0.15) is 0 Å². The summed E-state index contributed by atoms with van der Waals surface area (Å²) in [5.41, 5.74) is 6.70. The second-order valence-corrected chi connectivity index (χ2v) is 3.92. The van der Waals surface area contributed by atoms with Crippen molar-refractivity contribution in [3.05, 3.63) is 35.9 Å². The number of benzene rings is 1. The van der Waals surface area contributed by atoms with E-state index in [1.54, 1.807) is 0 Å². The second-order valence-electron chi connectivity index (χ2n) is 3.92. The Bertz CT molecular complexity index is 264. The maximum Gasteiger partial charge on any atom is 0.0717 e. The molecule has 3 heteroatoms. The van der Waals surface area contributed by atoms with Crippen molar-refractivity contribution in [3.63, 3.8) is 0 Å². The van der Waals surface area contributed by atoms with Crippen LogP contribution in [-0.2, 0) is 11.3 Å². The molecule has 0 fully saturated rings. The summed E-state index contributed by atoms with van der Waals surface area (Å²) in [4.78, 5) is 0. The molecule has 0 aliphatic rings. The minimum absolute atomic E-state index is 0.410. The summed E-state index contributed by atoms with van der Waals surface area (Å²) >= 11 is 0. The lowest BCUT2D eigenvalue weighted by Gasteiger charge is -2.15. The Morgan fingerprint density at radius 2 is 2.06 bits per heavy atom. The van der Waals surface area contributed by atoms with Crippen LogP contribution in [0.25, 0.3) is 0 Å². The van der Waals surface area contributed by atoms with Gasteiger partial charge in [0.05, 0.1) is 13.2 Å². The number of likely N-dealkylation sites (N-methyl/N-ethyl adjacent to an activating group) is 1. The molecule has 1 unspecified atom stereocenters. The third kappa shape index (κ3) is 5.26. The van der Waals surface area contributed by atoms with Crippen LogP contribution >= 0.6 is 0 Å². The minimum Gasteiger partial charge on any atom is -0.375 e. The lowest BCUT2D eigenvalue weighted by Crippen LogP contribution is -2.30. The van der Waals surface area contributed by atoms with E-state index in [-0.39, 0.29) is 0 Å². The van der Waals surface area contributed by atoms with Crippen molar-refractivity contribution in [3.8, 4) is 0 Å². The molecule has 0 aromatic heterocycles. The van der Waals surface area contributed by atoms with E-state index in [2.05, 4.69) is 17.4 Å². The molecule has 0 aliphatic heterocycles. The zero-order chi connectivity index (χ0) is 11.6. The van der Waals surface area contributed by atoms with Gasteiger partial charge >= 0.3 is 0 Å². The molecule has 90 valence electrons. The minimum atomic E-state index is 0.410. The number of hydrogen-bond acceptors (Lipinski definition) is 3. The molecule has 3 N–H and O–H groups in total. The van der Waals surface area contributed by atoms with Gasteiger partial charge in [-0.15, -0.1) is 0 Å². The van der Waals surface area contributed by atoms with E-state index in [0.717, 1.165) is 26.0 Å². The van der Waals surface area contributed by atoms with E-state index in [9.17, 15) is 0 Å². The number of ether oxygens (including phenoxy) is 1. The Morgan fingerprint density at radius 1 is 1.31 bits per heavy atom. The van der Waals surface area contributed by atoms with Crippen LogP contribution in [0.3, 0.4) is 0 Å². The summed E-state index contributed by atoms with van der Waals surface area (Å²) in [6.45, 7) is 2.17. The van der Waals surface area contributed by atoms with Gasteiger partial charge in [0, 0.05) is 6.04 Å². The number of nitrogens with one attached hydrogen (secondary N) is 1. The molecular formula is C13H22N2O. The molecule has 1 aromatic carbocycles. The maximum absolute atomic E-state index is 5.67. The lowest BCUT2D eigenvalue weighted by molar-refractivity contribution is 0.0979. The van der Waals surface area contributed by atoms with Crippen LogP contribution in [0.1, 0.15) is 18.4 Å². The summed E-state index contributed by atoms with van der Waals surface area (Å²) in [7, 11) is 1.97. The maximum atomic E-state index is 5.67. The van der Waals surface area contributed by atoms with Crippen LogP contribution in [0.15, 0.2) is 30.3 Å². The Hall–Kier alpha value is -0.900. The highest BCUT2D eigenvalue weighted by atomic mass is 16.5. The molecule has 1 rings (SSSR count). The van der Waals surface area contributed by atoms with E-state index >= 15 is 0 Å². The zero-order valence-corrected chi connectivity index (χ0v) is 9.99. The van der Waals surface area contributed by atoms with Gasteiger partial charge in [-0.25, -0.2) is 0 Å². The van der Waals surface area contributed by atoms with E-state index in [1.807, 2.05) is 25.2 Å². The fraction of sp³-hybridized carbons (Fsp3) is 0.538. The average Bonchev–Trinajstić information content (AvgIpc) is 2.35. The SMILES string of the molecule is CNC(CCCN)COCc1ccccc1. The van der Waals surface area contributed by atoms with E-state index < -0.39 is 0 Å². The van der Waals surface area contributed by atoms with Gasteiger partial charge in [0.25, 0.3) is 0 Å². The lowest BCUT2D eigenvalue weighted by atomic mass is 10.1.